The molecule has 96 valence electrons. The zero-order chi connectivity index (χ0) is 11.6. The summed E-state index contributed by atoms with van der Waals surface area (Å²) >= 11 is 0. The Bertz CT molecular complexity index is 148. The Labute approximate surface area is 103 Å². The van der Waals surface area contributed by atoms with E-state index in [0.717, 1.165) is 18.8 Å². The molecule has 16 heavy (non-hydrogen) atoms. The third kappa shape index (κ3) is 5.46. The summed E-state index contributed by atoms with van der Waals surface area (Å²) in [7, 11) is -1.35. The standard InChI is InChI=1S/C13H28O2Si/c1-3-5-11-14-16(15-12-6-4-2)13-9-7-8-10-13/h13,16H,3-12H2,1-2H3. The van der Waals surface area contributed by atoms with Crippen molar-refractivity contribution in [2.45, 2.75) is 70.8 Å². The lowest BCUT2D eigenvalue weighted by Crippen LogP contribution is -2.28. The van der Waals surface area contributed by atoms with Crippen molar-refractivity contribution < 1.29 is 8.85 Å². The summed E-state index contributed by atoms with van der Waals surface area (Å²) in [6.45, 7) is 6.28. The van der Waals surface area contributed by atoms with Crippen LogP contribution in [0.3, 0.4) is 0 Å². The van der Waals surface area contributed by atoms with E-state index in [0.29, 0.717) is 0 Å². The molecule has 1 aliphatic rings. The zero-order valence-corrected chi connectivity index (χ0v) is 12.2. The van der Waals surface area contributed by atoms with Gasteiger partial charge in [-0.1, -0.05) is 39.5 Å². The maximum Gasteiger partial charge on any atom is 0.324 e. The Morgan fingerprint density at radius 3 is 1.88 bits per heavy atom. The van der Waals surface area contributed by atoms with Crippen molar-refractivity contribution in [2.24, 2.45) is 0 Å². The monoisotopic (exact) mass is 244 g/mol. The summed E-state index contributed by atoms with van der Waals surface area (Å²) in [5.74, 6) is 0. The van der Waals surface area contributed by atoms with Gasteiger partial charge in [0.05, 0.1) is 0 Å². The van der Waals surface area contributed by atoms with Crippen LogP contribution in [0, 0.1) is 0 Å². The van der Waals surface area contributed by atoms with Crippen LogP contribution in [0.15, 0.2) is 0 Å². The van der Waals surface area contributed by atoms with Crippen molar-refractivity contribution in [1.82, 2.24) is 0 Å². The Morgan fingerprint density at radius 2 is 1.44 bits per heavy atom. The maximum absolute atomic E-state index is 6.03. The molecule has 0 atom stereocenters. The minimum Gasteiger partial charge on any atom is -0.396 e. The lowest BCUT2D eigenvalue weighted by Gasteiger charge is -2.22. The van der Waals surface area contributed by atoms with E-state index >= 15 is 0 Å². The summed E-state index contributed by atoms with van der Waals surface area (Å²) in [4.78, 5) is 0. The van der Waals surface area contributed by atoms with Crippen molar-refractivity contribution in [1.29, 1.82) is 0 Å². The van der Waals surface area contributed by atoms with Gasteiger partial charge in [-0.25, -0.2) is 0 Å². The number of hydrogen-bond donors (Lipinski definition) is 0. The second-order valence-corrected chi connectivity index (χ2v) is 7.21. The molecule has 0 aromatic heterocycles. The maximum atomic E-state index is 6.03. The highest BCUT2D eigenvalue weighted by Crippen LogP contribution is 2.33. The number of unbranched alkanes of at least 4 members (excludes halogenated alkanes) is 2. The molecule has 1 rings (SSSR count). The normalized spacial score (nSPS) is 17.4. The lowest BCUT2D eigenvalue weighted by atomic mass is 10.4. The van der Waals surface area contributed by atoms with Gasteiger partial charge in [-0.05, 0) is 31.2 Å². The van der Waals surface area contributed by atoms with Crippen LogP contribution >= 0.6 is 0 Å². The molecule has 0 aliphatic heterocycles. The Balaban J connectivity index is 2.22. The zero-order valence-electron chi connectivity index (χ0n) is 11.0. The highest BCUT2D eigenvalue weighted by atomic mass is 28.3. The van der Waals surface area contributed by atoms with Gasteiger partial charge in [0, 0.05) is 13.2 Å². The third-order valence-corrected chi connectivity index (χ3v) is 5.91. The Kier molecular flexibility index (Phi) is 8.16. The first kappa shape index (κ1) is 14.2. The summed E-state index contributed by atoms with van der Waals surface area (Å²) in [5, 5.41) is 0. The molecule has 1 saturated carbocycles. The molecule has 0 radical (unpaired) electrons. The molecule has 3 heteroatoms. The van der Waals surface area contributed by atoms with Gasteiger partial charge >= 0.3 is 9.28 Å². The lowest BCUT2D eigenvalue weighted by molar-refractivity contribution is 0.182. The van der Waals surface area contributed by atoms with Crippen molar-refractivity contribution in [3.8, 4) is 0 Å². The molecule has 0 aromatic rings. The quantitative estimate of drug-likeness (QED) is 0.454. The molecule has 2 nitrogen and oxygen atoms in total. The van der Waals surface area contributed by atoms with Crippen LogP contribution in [0.25, 0.3) is 0 Å². The summed E-state index contributed by atoms with van der Waals surface area (Å²) in [6.07, 6.45) is 10.3. The van der Waals surface area contributed by atoms with Gasteiger partial charge in [0.25, 0.3) is 0 Å². The summed E-state index contributed by atoms with van der Waals surface area (Å²) in [6, 6.07) is 0. The first-order chi connectivity index (χ1) is 7.88. The van der Waals surface area contributed by atoms with Crippen LogP contribution < -0.4 is 0 Å². The van der Waals surface area contributed by atoms with Crippen LogP contribution in [0.4, 0.5) is 0 Å². The van der Waals surface area contributed by atoms with Crippen molar-refractivity contribution in [2.75, 3.05) is 13.2 Å². The van der Waals surface area contributed by atoms with Gasteiger partial charge in [-0.15, -0.1) is 0 Å². The summed E-state index contributed by atoms with van der Waals surface area (Å²) < 4.78 is 12.1. The largest absolute Gasteiger partial charge is 0.396 e. The molecule has 0 bridgehead atoms. The molecule has 1 aliphatic carbocycles. The molecule has 0 N–H and O–H groups in total. The average Bonchev–Trinajstić information content (AvgIpc) is 2.81. The highest BCUT2D eigenvalue weighted by molar-refractivity contribution is 6.46. The first-order valence-electron chi connectivity index (χ1n) is 7.11. The van der Waals surface area contributed by atoms with E-state index in [1.165, 1.54) is 51.4 Å². The van der Waals surface area contributed by atoms with Crippen LogP contribution in [0.2, 0.25) is 5.54 Å². The highest BCUT2D eigenvalue weighted by Gasteiger charge is 2.28. The van der Waals surface area contributed by atoms with E-state index in [4.69, 9.17) is 8.85 Å². The van der Waals surface area contributed by atoms with Gasteiger partial charge in [0.2, 0.25) is 0 Å². The summed E-state index contributed by atoms with van der Waals surface area (Å²) in [5.41, 5.74) is 0.800. The Hall–Kier alpha value is 0.137. The SMILES string of the molecule is CCCCO[SiH](OCCCC)C1CCCC1. The Morgan fingerprint density at radius 1 is 0.938 bits per heavy atom. The smallest absolute Gasteiger partial charge is 0.324 e. The number of hydrogen-bond acceptors (Lipinski definition) is 2. The second kappa shape index (κ2) is 9.20. The fraction of sp³-hybridized carbons (Fsp3) is 1.00. The fourth-order valence-electron chi connectivity index (χ4n) is 2.24. The topological polar surface area (TPSA) is 18.5 Å². The molecule has 0 aromatic carbocycles. The van der Waals surface area contributed by atoms with Crippen LogP contribution in [0.5, 0.6) is 0 Å². The molecule has 0 spiro atoms. The van der Waals surface area contributed by atoms with E-state index in [9.17, 15) is 0 Å². The van der Waals surface area contributed by atoms with Gasteiger partial charge in [-0.2, -0.15) is 0 Å². The predicted molar refractivity (Wildman–Crippen MR) is 71.1 cm³/mol. The number of rotatable bonds is 9. The van der Waals surface area contributed by atoms with Crippen LogP contribution in [-0.4, -0.2) is 22.5 Å². The van der Waals surface area contributed by atoms with E-state index in [1.54, 1.807) is 0 Å². The van der Waals surface area contributed by atoms with E-state index in [-0.39, 0.29) is 0 Å². The average molecular weight is 244 g/mol. The first-order valence-corrected chi connectivity index (χ1v) is 8.72. The van der Waals surface area contributed by atoms with Crippen LogP contribution in [-0.2, 0) is 8.85 Å². The fourth-order valence-corrected chi connectivity index (χ4v) is 4.69. The van der Waals surface area contributed by atoms with E-state index in [2.05, 4.69) is 13.8 Å². The van der Waals surface area contributed by atoms with Crippen molar-refractivity contribution in [3.63, 3.8) is 0 Å². The van der Waals surface area contributed by atoms with Gasteiger partial charge < -0.3 is 8.85 Å². The van der Waals surface area contributed by atoms with Gasteiger partial charge in [0.1, 0.15) is 0 Å². The molecular weight excluding hydrogens is 216 g/mol. The van der Waals surface area contributed by atoms with Crippen molar-refractivity contribution in [3.05, 3.63) is 0 Å². The van der Waals surface area contributed by atoms with Crippen LogP contribution in [0.1, 0.15) is 65.2 Å². The van der Waals surface area contributed by atoms with E-state index < -0.39 is 9.28 Å². The molecule has 0 amide bonds. The molecule has 0 heterocycles. The minimum absolute atomic E-state index is 0.800. The molecular formula is C13H28O2Si. The molecule has 1 fully saturated rings. The van der Waals surface area contributed by atoms with Crippen molar-refractivity contribution >= 4 is 9.28 Å². The second-order valence-electron chi connectivity index (χ2n) is 4.86. The predicted octanol–water partition coefficient (Wildman–Crippen LogP) is 3.78. The molecule has 0 saturated heterocycles. The van der Waals surface area contributed by atoms with E-state index in [1.807, 2.05) is 0 Å². The third-order valence-electron chi connectivity index (χ3n) is 3.34. The molecule has 0 unspecified atom stereocenters. The van der Waals surface area contributed by atoms with Gasteiger partial charge in [0.15, 0.2) is 0 Å². The van der Waals surface area contributed by atoms with Gasteiger partial charge in [-0.3, -0.25) is 0 Å². The minimum atomic E-state index is -1.35.